The molecule has 0 fully saturated rings. The first-order valence-electron chi connectivity index (χ1n) is 5.67. The van der Waals surface area contributed by atoms with Crippen LogP contribution in [0, 0.1) is 5.92 Å². The molecule has 0 saturated heterocycles. The fourth-order valence-corrected chi connectivity index (χ4v) is 1.59. The third-order valence-electron chi connectivity index (χ3n) is 2.49. The van der Waals surface area contributed by atoms with Crippen molar-refractivity contribution < 1.29 is 4.79 Å². The summed E-state index contributed by atoms with van der Waals surface area (Å²) in [5.41, 5.74) is 1.13. The molecule has 1 heteroatoms. The van der Waals surface area contributed by atoms with Crippen molar-refractivity contribution in [1.82, 2.24) is 0 Å². The highest BCUT2D eigenvalue weighted by Crippen LogP contribution is 2.13. The van der Waals surface area contributed by atoms with E-state index >= 15 is 0 Å². The van der Waals surface area contributed by atoms with Gasteiger partial charge in [0.15, 0.2) is 5.78 Å². The molecule has 1 rings (SSSR count). The van der Waals surface area contributed by atoms with Gasteiger partial charge < -0.3 is 0 Å². The van der Waals surface area contributed by atoms with Crippen molar-refractivity contribution in [3.8, 4) is 0 Å². The normalized spacial score (nSPS) is 12.6. The highest BCUT2D eigenvalue weighted by atomic mass is 16.1. The van der Waals surface area contributed by atoms with E-state index in [2.05, 4.69) is 13.5 Å². The van der Waals surface area contributed by atoms with Crippen LogP contribution >= 0.6 is 0 Å². The molecule has 0 amide bonds. The quantitative estimate of drug-likeness (QED) is 0.657. The lowest BCUT2D eigenvalue weighted by Gasteiger charge is -2.06. The molecule has 0 heterocycles. The minimum Gasteiger partial charge on any atom is -0.294 e. The van der Waals surface area contributed by atoms with Crippen LogP contribution in [-0.2, 0) is 4.79 Å². The molecule has 0 N–H and O–H groups in total. The summed E-state index contributed by atoms with van der Waals surface area (Å²) in [5.74, 6) is 0.0803. The van der Waals surface area contributed by atoms with Gasteiger partial charge >= 0.3 is 0 Å². The summed E-state index contributed by atoms with van der Waals surface area (Å²) in [7, 11) is 0. The van der Waals surface area contributed by atoms with Crippen LogP contribution in [-0.4, -0.2) is 5.78 Å². The molecule has 1 nitrogen and oxygen atoms in total. The summed E-state index contributed by atoms with van der Waals surface area (Å²) < 4.78 is 0. The average molecular weight is 214 g/mol. The van der Waals surface area contributed by atoms with Gasteiger partial charge in [0, 0.05) is 5.92 Å². The van der Waals surface area contributed by atoms with Gasteiger partial charge in [-0.15, -0.1) is 0 Å². The lowest BCUT2D eigenvalue weighted by molar-refractivity contribution is -0.117. The third kappa shape index (κ3) is 3.85. The summed E-state index contributed by atoms with van der Waals surface area (Å²) in [6.07, 6.45) is 7.28. The molecule has 1 aromatic rings. The fraction of sp³-hybridized carbons (Fsp3) is 0.267. The summed E-state index contributed by atoms with van der Waals surface area (Å²) in [6.45, 7) is 5.62. The van der Waals surface area contributed by atoms with Crippen molar-refractivity contribution in [2.45, 2.75) is 19.8 Å². The number of carbonyl (C=O) groups excluding carboxylic acids is 1. The van der Waals surface area contributed by atoms with Gasteiger partial charge in [-0.3, -0.25) is 4.79 Å². The highest BCUT2D eigenvalue weighted by Gasteiger charge is 2.09. The van der Waals surface area contributed by atoms with Crippen molar-refractivity contribution in [3.63, 3.8) is 0 Å². The zero-order chi connectivity index (χ0) is 11.8. The van der Waals surface area contributed by atoms with E-state index in [4.69, 9.17) is 0 Å². The van der Waals surface area contributed by atoms with Crippen molar-refractivity contribution in [2.24, 2.45) is 5.92 Å². The minimum absolute atomic E-state index is 0.0253. The van der Waals surface area contributed by atoms with E-state index in [9.17, 15) is 4.79 Å². The molecule has 0 aliphatic rings. The first-order chi connectivity index (χ1) is 7.77. The van der Waals surface area contributed by atoms with Gasteiger partial charge in [0.05, 0.1) is 0 Å². The van der Waals surface area contributed by atoms with Crippen LogP contribution in [0.15, 0.2) is 49.1 Å². The van der Waals surface area contributed by atoms with Crippen molar-refractivity contribution in [1.29, 1.82) is 0 Å². The lowest BCUT2D eigenvalue weighted by Crippen LogP contribution is -2.08. The Bertz CT molecular complexity index is 362. The second kappa shape index (κ2) is 6.78. The molecule has 1 unspecified atom stereocenters. The predicted molar refractivity (Wildman–Crippen MR) is 69.1 cm³/mol. The van der Waals surface area contributed by atoms with E-state index in [-0.39, 0.29) is 11.7 Å². The third-order valence-corrected chi connectivity index (χ3v) is 2.49. The number of hydrogen-bond donors (Lipinski definition) is 0. The zero-order valence-corrected chi connectivity index (χ0v) is 9.73. The molecule has 0 spiro atoms. The van der Waals surface area contributed by atoms with Gasteiger partial charge in [-0.1, -0.05) is 62.4 Å². The Hall–Kier alpha value is -1.63. The molecular weight excluding hydrogens is 196 g/mol. The molecule has 0 aliphatic heterocycles. The number of ketones is 1. The maximum absolute atomic E-state index is 11.6. The summed E-state index contributed by atoms with van der Waals surface area (Å²) in [5, 5.41) is 0. The number of allylic oxidation sites excluding steroid dienone is 2. The average Bonchev–Trinajstić information content (AvgIpc) is 2.34. The topological polar surface area (TPSA) is 17.1 Å². The highest BCUT2D eigenvalue weighted by molar-refractivity contribution is 5.93. The number of carbonyl (C=O) groups is 1. The van der Waals surface area contributed by atoms with Gasteiger partial charge in [0.25, 0.3) is 0 Å². The Balaban J connectivity index is 2.71. The molecular formula is C15H18O. The van der Waals surface area contributed by atoms with Gasteiger partial charge in [-0.05, 0) is 18.1 Å². The second-order valence-corrected chi connectivity index (χ2v) is 3.77. The Labute approximate surface area is 97.5 Å². The Morgan fingerprint density at radius 2 is 2.06 bits per heavy atom. The number of hydrogen-bond acceptors (Lipinski definition) is 1. The monoisotopic (exact) mass is 214 g/mol. The molecule has 0 bridgehead atoms. The second-order valence-electron chi connectivity index (χ2n) is 3.77. The molecule has 0 radical (unpaired) electrons. The summed E-state index contributed by atoms with van der Waals surface area (Å²) in [4.78, 5) is 11.6. The molecule has 1 aromatic carbocycles. The van der Waals surface area contributed by atoms with E-state index in [0.29, 0.717) is 0 Å². The van der Waals surface area contributed by atoms with Crippen LogP contribution in [0.5, 0.6) is 0 Å². The van der Waals surface area contributed by atoms with Crippen LogP contribution < -0.4 is 0 Å². The van der Waals surface area contributed by atoms with Crippen molar-refractivity contribution >= 4 is 11.9 Å². The number of benzene rings is 1. The maximum Gasteiger partial charge on any atom is 0.161 e. The van der Waals surface area contributed by atoms with Crippen LogP contribution in [0.3, 0.4) is 0 Å². The Kier molecular flexibility index (Phi) is 5.27. The first kappa shape index (κ1) is 12.4. The standard InChI is InChI=1S/C15H18O/c1-3-8-14(15(16)4-2)12-11-13-9-6-5-7-10-13/h4-7,9-12,14H,2-3,8H2,1H3. The Morgan fingerprint density at radius 3 is 2.62 bits per heavy atom. The van der Waals surface area contributed by atoms with Gasteiger partial charge in [0.1, 0.15) is 0 Å². The first-order valence-corrected chi connectivity index (χ1v) is 5.67. The van der Waals surface area contributed by atoms with Gasteiger partial charge in [-0.2, -0.15) is 0 Å². The fourth-order valence-electron chi connectivity index (χ4n) is 1.59. The molecule has 0 saturated carbocycles. The van der Waals surface area contributed by atoms with Crippen molar-refractivity contribution in [3.05, 3.63) is 54.6 Å². The predicted octanol–water partition coefficient (Wildman–Crippen LogP) is 3.87. The molecule has 0 aliphatic carbocycles. The van der Waals surface area contributed by atoms with E-state index in [1.165, 1.54) is 6.08 Å². The molecule has 84 valence electrons. The van der Waals surface area contributed by atoms with E-state index in [0.717, 1.165) is 18.4 Å². The largest absolute Gasteiger partial charge is 0.294 e. The number of rotatable bonds is 6. The smallest absolute Gasteiger partial charge is 0.161 e. The van der Waals surface area contributed by atoms with E-state index in [1.54, 1.807) is 0 Å². The Morgan fingerprint density at radius 1 is 1.38 bits per heavy atom. The molecule has 0 aromatic heterocycles. The van der Waals surface area contributed by atoms with Crippen molar-refractivity contribution in [2.75, 3.05) is 0 Å². The summed E-state index contributed by atoms with van der Waals surface area (Å²) in [6, 6.07) is 10.0. The van der Waals surface area contributed by atoms with Crippen LogP contribution in [0.25, 0.3) is 6.08 Å². The van der Waals surface area contributed by atoms with E-state index < -0.39 is 0 Å². The zero-order valence-electron chi connectivity index (χ0n) is 9.73. The van der Waals surface area contributed by atoms with Crippen LogP contribution in [0.1, 0.15) is 25.3 Å². The minimum atomic E-state index is -0.0253. The summed E-state index contributed by atoms with van der Waals surface area (Å²) >= 11 is 0. The van der Waals surface area contributed by atoms with Crippen LogP contribution in [0.4, 0.5) is 0 Å². The molecule has 16 heavy (non-hydrogen) atoms. The molecule has 1 atom stereocenters. The van der Waals surface area contributed by atoms with Crippen LogP contribution in [0.2, 0.25) is 0 Å². The van der Waals surface area contributed by atoms with Gasteiger partial charge in [-0.25, -0.2) is 0 Å². The van der Waals surface area contributed by atoms with E-state index in [1.807, 2.05) is 42.5 Å². The lowest BCUT2D eigenvalue weighted by atomic mass is 9.97. The SMILES string of the molecule is C=CC(=O)C(C=Cc1ccccc1)CCC. The van der Waals surface area contributed by atoms with Gasteiger partial charge in [0.2, 0.25) is 0 Å². The maximum atomic E-state index is 11.6.